The average Bonchev–Trinajstić information content (AvgIpc) is 3.33. The molecule has 1 aliphatic rings. The van der Waals surface area contributed by atoms with Crippen molar-refractivity contribution in [3.05, 3.63) is 88.2 Å². The van der Waals surface area contributed by atoms with Crippen LogP contribution in [0.3, 0.4) is 0 Å². The molecule has 0 bridgehead atoms. The van der Waals surface area contributed by atoms with E-state index in [1.807, 2.05) is 44.2 Å². The molecule has 1 aliphatic heterocycles. The number of morpholine rings is 1. The van der Waals surface area contributed by atoms with Gasteiger partial charge in [0.25, 0.3) is 11.8 Å². The van der Waals surface area contributed by atoms with E-state index in [0.29, 0.717) is 30.9 Å². The summed E-state index contributed by atoms with van der Waals surface area (Å²) in [6, 6.07) is 15.6. The lowest BCUT2D eigenvalue weighted by atomic mass is 9.91. The highest BCUT2D eigenvalue weighted by atomic mass is 19.3. The SMILES string of the molecule is CCC(F)(F)c1cccc(NC(=O)c2c(C)nc(-c3cc(CCN4CCOCC4)c(OC)c(-c4c(C)cccc4C)c3)n2O)c1. The van der Waals surface area contributed by atoms with Crippen LogP contribution in [0.1, 0.15) is 51.8 Å². The van der Waals surface area contributed by atoms with Crippen molar-refractivity contribution in [3.8, 4) is 28.3 Å². The topological polar surface area (TPSA) is 88.9 Å². The Kier molecular flexibility index (Phi) is 9.55. The molecule has 0 unspecified atom stereocenters. The molecule has 5 rings (SSSR count). The van der Waals surface area contributed by atoms with Crippen LogP contribution in [0.2, 0.25) is 0 Å². The maximum absolute atomic E-state index is 14.3. The number of halogens is 2. The third-order valence-corrected chi connectivity index (χ3v) is 8.41. The average molecular weight is 619 g/mol. The smallest absolute Gasteiger partial charge is 0.277 e. The van der Waals surface area contributed by atoms with Gasteiger partial charge in [-0.15, -0.1) is 0 Å². The van der Waals surface area contributed by atoms with Gasteiger partial charge in [-0.2, -0.15) is 4.73 Å². The number of aryl methyl sites for hydroxylation is 3. The van der Waals surface area contributed by atoms with Gasteiger partial charge in [0.2, 0.25) is 0 Å². The number of methoxy groups -OCH3 is 1. The summed E-state index contributed by atoms with van der Waals surface area (Å²) in [7, 11) is 1.66. The molecule has 3 aromatic carbocycles. The minimum atomic E-state index is -3.02. The lowest BCUT2D eigenvalue weighted by Crippen LogP contribution is -2.37. The standard InChI is InChI=1S/C35H40F2N4O4/c1-6-35(36,37)27-11-8-12-28(21-27)39-34(42)31-24(4)38-33(41(31)43)26-19-25(13-14-40-15-17-45-18-16-40)32(44-5)29(20-26)30-22(2)9-7-10-23(30)3/h7-12,19-21,43H,6,13-18H2,1-5H3,(H,39,42). The van der Waals surface area contributed by atoms with Gasteiger partial charge >= 0.3 is 0 Å². The van der Waals surface area contributed by atoms with Crippen LogP contribution in [0.15, 0.2) is 54.6 Å². The van der Waals surface area contributed by atoms with E-state index in [4.69, 9.17) is 9.47 Å². The number of hydrogen-bond donors (Lipinski definition) is 2. The number of alkyl halides is 2. The molecule has 0 spiro atoms. The molecule has 8 nitrogen and oxygen atoms in total. The summed E-state index contributed by atoms with van der Waals surface area (Å²) >= 11 is 0. The van der Waals surface area contributed by atoms with Gasteiger partial charge in [-0.3, -0.25) is 9.69 Å². The Hall–Kier alpha value is -4.28. The van der Waals surface area contributed by atoms with Crippen LogP contribution in [-0.2, 0) is 17.1 Å². The molecule has 0 atom stereocenters. The number of benzene rings is 3. The van der Waals surface area contributed by atoms with E-state index in [0.717, 1.165) is 57.9 Å². The van der Waals surface area contributed by atoms with Crippen molar-refractivity contribution in [2.24, 2.45) is 0 Å². The van der Waals surface area contributed by atoms with Crippen LogP contribution in [0.4, 0.5) is 14.5 Å². The summed E-state index contributed by atoms with van der Waals surface area (Å²) < 4.78 is 40.9. The molecule has 0 saturated carbocycles. The number of carbonyl (C=O) groups excluding carboxylic acids is 1. The van der Waals surface area contributed by atoms with Gasteiger partial charge in [-0.1, -0.05) is 37.3 Å². The summed E-state index contributed by atoms with van der Waals surface area (Å²) in [6.45, 7) is 11.0. The lowest BCUT2D eigenvalue weighted by molar-refractivity contribution is -0.00825. The zero-order valence-corrected chi connectivity index (χ0v) is 26.4. The Bertz CT molecular complexity index is 1680. The van der Waals surface area contributed by atoms with E-state index in [1.54, 1.807) is 14.0 Å². The fourth-order valence-electron chi connectivity index (χ4n) is 5.96. The van der Waals surface area contributed by atoms with E-state index in [2.05, 4.69) is 15.2 Å². The number of amides is 1. The van der Waals surface area contributed by atoms with Crippen molar-refractivity contribution in [3.63, 3.8) is 0 Å². The van der Waals surface area contributed by atoms with Crippen molar-refractivity contribution < 1.29 is 28.3 Å². The van der Waals surface area contributed by atoms with Crippen LogP contribution < -0.4 is 10.1 Å². The predicted octanol–water partition coefficient (Wildman–Crippen LogP) is 7.02. The first-order chi connectivity index (χ1) is 21.5. The second kappa shape index (κ2) is 13.4. The summed E-state index contributed by atoms with van der Waals surface area (Å²) in [6.07, 6.45) is 0.322. The summed E-state index contributed by atoms with van der Waals surface area (Å²) in [5, 5.41) is 14.0. The molecule has 0 aliphatic carbocycles. The van der Waals surface area contributed by atoms with Crippen LogP contribution in [0.25, 0.3) is 22.5 Å². The second-order valence-electron chi connectivity index (χ2n) is 11.5. The van der Waals surface area contributed by atoms with Gasteiger partial charge in [0.1, 0.15) is 5.75 Å². The number of nitrogens with zero attached hydrogens (tertiary/aromatic N) is 3. The third-order valence-electron chi connectivity index (χ3n) is 8.41. The van der Waals surface area contributed by atoms with Gasteiger partial charge in [0.15, 0.2) is 11.5 Å². The van der Waals surface area contributed by atoms with Crippen molar-refractivity contribution in [2.75, 3.05) is 45.3 Å². The molecule has 2 N–H and O–H groups in total. The molecule has 4 aromatic rings. The van der Waals surface area contributed by atoms with E-state index in [9.17, 15) is 18.8 Å². The monoisotopic (exact) mass is 618 g/mol. The molecule has 45 heavy (non-hydrogen) atoms. The lowest BCUT2D eigenvalue weighted by Gasteiger charge is -2.27. The van der Waals surface area contributed by atoms with E-state index in [1.165, 1.54) is 31.2 Å². The van der Waals surface area contributed by atoms with E-state index in [-0.39, 0.29) is 29.2 Å². The third kappa shape index (κ3) is 6.72. The minimum absolute atomic E-state index is 0.0861. The van der Waals surface area contributed by atoms with Gasteiger partial charge in [0, 0.05) is 48.4 Å². The Morgan fingerprint density at radius 3 is 2.42 bits per heavy atom. The molecule has 1 saturated heterocycles. The maximum Gasteiger partial charge on any atom is 0.277 e. The Balaban J connectivity index is 1.56. The van der Waals surface area contributed by atoms with Gasteiger partial charge in [-0.25, -0.2) is 13.8 Å². The summed E-state index contributed by atoms with van der Waals surface area (Å²) in [5.41, 5.74) is 5.80. The zero-order chi connectivity index (χ0) is 32.3. The number of hydrogen-bond acceptors (Lipinski definition) is 6. The quantitative estimate of drug-likeness (QED) is 0.186. The molecule has 0 radical (unpaired) electrons. The number of carbonyl (C=O) groups is 1. The highest BCUT2D eigenvalue weighted by molar-refractivity contribution is 6.04. The molecular weight excluding hydrogens is 578 g/mol. The normalized spacial score (nSPS) is 14.0. The van der Waals surface area contributed by atoms with Gasteiger partial charge in [-0.05, 0) is 73.7 Å². The van der Waals surface area contributed by atoms with Crippen LogP contribution in [0, 0.1) is 20.8 Å². The zero-order valence-electron chi connectivity index (χ0n) is 26.4. The number of rotatable bonds is 10. The molecule has 2 heterocycles. The largest absolute Gasteiger partial charge is 0.496 e. The van der Waals surface area contributed by atoms with Gasteiger partial charge < -0.3 is 20.0 Å². The molecule has 238 valence electrons. The first-order valence-corrected chi connectivity index (χ1v) is 15.2. The molecule has 1 fully saturated rings. The molecule has 1 aromatic heterocycles. The highest BCUT2D eigenvalue weighted by Gasteiger charge is 2.30. The first-order valence-electron chi connectivity index (χ1n) is 15.2. The number of aromatic nitrogens is 2. The number of nitrogens with one attached hydrogen (secondary N) is 1. The Morgan fingerprint density at radius 1 is 1.07 bits per heavy atom. The molecule has 1 amide bonds. The number of imidazole rings is 1. The molecule has 10 heteroatoms. The van der Waals surface area contributed by atoms with Crippen molar-refractivity contribution in [1.29, 1.82) is 0 Å². The second-order valence-corrected chi connectivity index (χ2v) is 11.5. The van der Waals surface area contributed by atoms with Gasteiger partial charge in [0.05, 0.1) is 26.0 Å². The predicted molar refractivity (Wildman–Crippen MR) is 171 cm³/mol. The minimum Gasteiger partial charge on any atom is -0.496 e. The van der Waals surface area contributed by atoms with Crippen LogP contribution in [-0.4, -0.2) is 65.7 Å². The van der Waals surface area contributed by atoms with E-state index >= 15 is 0 Å². The maximum atomic E-state index is 14.3. The number of ether oxygens (including phenoxy) is 2. The van der Waals surface area contributed by atoms with E-state index < -0.39 is 11.8 Å². The van der Waals surface area contributed by atoms with Crippen molar-refractivity contribution in [1.82, 2.24) is 14.6 Å². The van der Waals surface area contributed by atoms with Crippen LogP contribution >= 0.6 is 0 Å². The fraction of sp³-hybridized carbons (Fsp3) is 0.371. The summed E-state index contributed by atoms with van der Waals surface area (Å²) in [4.78, 5) is 20.3. The molecular formula is C35H40F2N4O4. The Morgan fingerprint density at radius 2 is 1.76 bits per heavy atom. The van der Waals surface area contributed by atoms with Crippen LogP contribution in [0.5, 0.6) is 5.75 Å². The fourth-order valence-corrected chi connectivity index (χ4v) is 5.96. The number of anilines is 1. The Labute approximate surface area is 262 Å². The summed E-state index contributed by atoms with van der Waals surface area (Å²) in [5.74, 6) is -2.75. The van der Waals surface area contributed by atoms with Crippen molar-refractivity contribution in [2.45, 2.75) is 46.5 Å². The highest BCUT2D eigenvalue weighted by Crippen LogP contribution is 2.41. The van der Waals surface area contributed by atoms with Crippen molar-refractivity contribution >= 4 is 11.6 Å². The first kappa shape index (κ1) is 32.1.